The summed E-state index contributed by atoms with van der Waals surface area (Å²) >= 11 is -2.40. The summed E-state index contributed by atoms with van der Waals surface area (Å²) < 4.78 is 23.3. The van der Waals surface area contributed by atoms with Gasteiger partial charge in [0.1, 0.15) is 0 Å². The maximum Gasteiger partial charge on any atom is 0.243 e. The van der Waals surface area contributed by atoms with Crippen molar-refractivity contribution in [1.82, 2.24) is 9.78 Å². The summed E-state index contributed by atoms with van der Waals surface area (Å²) in [6.45, 7) is 1.32. The molecule has 66 valence electrons. The van der Waals surface area contributed by atoms with Gasteiger partial charge in [0.05, 0.1) is 0 Å². The molecule has 1 aromatic rings. The average Bonchev–Trinajstić information content (AvgIpc) is 2.34. The molecule has 0 aliphatic carbocycles. The van der Waals surface area contributed by atoms with Crippen LogP contribution in [0.3, 0.4) is 0 Å². The van der Waals surface area contributed by atoms with Gasteiger partial charge in [0.25, 0.3) is 0 Å². The van der Waals surface area contributed by atoms with E-state index >= 15 is 0 Å². The van der Waals surface area contributed by atoms with Crippen LogP contribution in [0.2, 0.25) is 0 Å². The van der Waals surface area contributed by atoms with E-state index in [2.05, 4.69) is 5.10 Å². The van der Waals surface area contributed by atoms with Crippen molar-refractivity contribution < 1.29 is 13.6 Å². The fraction of sp³-hybridized carbons (Fsp3) is 0.200. The lowest BCUT2D eigenvalue weighted by atomic mass is 10.6. The Morgan fingerprint density at radius 3 is 2.92 bits per heavy atom. The van der Waals surface area contributed by atoms with Crippen LogP contribution in [0, 0.1) is 0 Å². The maximum absolute atomic E-state index is 10.7. The van der Waals surface area contributed by atoms with E-state index in [9.17, 15) is 13.6 Å². The van der Waals surface area contributed by atoms with Gasteiger partial charge in [-0.05, 0) is 0 Å². The molecule has 0 aliphatic rings. The second-order valence-electron chi connectivity index (χ2n) is 2.00. The van der Waals surface area contributed by atoms with Gasteiger partial charge in [0, 0.05) is 30.5 Å². The molecule has 0 spiro atoms. The van der Waals surface area contributed by atoms with E-state index in [1.54, 1.807) is 0 Å². The Balaban J connectivity index is 2.77. The fourth-order valence-electron chi connectivity index (χ4n) is 0.639. The first-order chi connectivity index (χ1) is 5.59. The molecule has 12 heavy (non-hydrogen) atoms. The lowest BCUT2D eigenvalue weighted by Gasteiger charge is -2.03. The van der Waals surface area contributed by atoms with E-state index in [-0.39, 0.29) is 11.7 Å². The predicted molar refractivity (Wildman–Crippen MR) is 41.1 cm³/mol. The number of nitrogens with zero attached hydrogens (tertiary/aromatic N) is 2. The van der Waals surface area contributed by atoms with E-state index in [1.807, 2.05) is 4.72 Å². The zero-order chi connectivity index (χ0) is 9.14. The minimum atomic E-state index is -2.40. The van der Waals surface area contributed by atoms with E-state index < -0.39 is 11.3 Å². The Bertz CT molecular complexity index is 321. The highest BCUT2D eigenvalue weighted by molar-refractivity contribution is 7.80. The number of anilines is 1. The molecule has 1 N–H and O–H groups in total. The maximum atomic E-state index is 10.7. The van der Waals surface area contributed by atoms with Gasteiger partial charge < -0.3 is 4.55 Å². The zero-order valence-electron chi connectivity index (χ0n) is 6.18. The van der Waals surface area contributed by atoms with Crippen LogP contribution < -0.4 is 4.72 Å². The number of nitrogens with one attached hydrogen (secondary N) is 1. The number of hydrogen-bond acceptors (Lipinski definition) is 4. The quantitative estimate of drug-likeness (QED) is 0.648. The van der Waals surface area contributed by atoms with Crippen LogP contribution in [0.4, 0.5) is 5.82 Å². The number of carbonyl (C=O) groups excluding carboxylic acids is 1. The Morgan fingerprint density at radius 2 is 2.50 bits per heavy atom. The molecular formula is C5H6N3O3S-. The lowest BCUT2D eigenvalue weighted by molar-refractivity contribution is 0.0921. The third-order valence-corrected chi connectivity index (χ3v) is 1.48. The summed E-state index contributed by atoms with van der Waals surface area (Å²) in [5.41, 5.74) is 0. The fourth-order valence-corrected chi connectivity index (χ4v) is 0.919. The van der Waals surface area contributed by atoms with Crippen molar-refractivity contribution in [2.45, 2.75) is 6.92 Å². The number of hydrogen-bond donors (Lipinski definition) is 1. The first-order valence-electron chi connectivity index (χ1n) is 3.02. The third kappa shape index (κ3) is 2.14. The van der Waals surface area contributed by atoms with Gasteiger partial charge in [-0.15, -0.1) is 5.10 Å². The van der Waals surface area contributed by atoms with Gasteiger partial charge in [-0.1, -0.05) is 0 Å². The minimum absolute atomic E-state index is 0.124. The van der Waals surface area contributed by atoms with Crippen molar-refractivity contribution in [3.05, 3.63) is 12.3 Å². The van der Waals surface area contributed by atoms with Crippen molar-refractivity contribution in [1.29, 1.82) is 0 Å². The second kappa shape index (κ2) is 3.46. The van der Waals surface area contributed by atoms with Crippen molar-refractivity contribution in [2.75, 3.05) is 4.72 Å². The van der Waals surface area contributed by atoms with Gasteiger partial charge in [-0.25, -0.2) is 4.68 Å². The summed E-state index contributed by atoms with van der Waals surface area (Å²) in [5, 5.41) is 3.61. The standard InChI is InChI=1S/C5H7N3O3S/c1-4(9)8-3-2-5(6-8)7-12(10)11/h2-3H,1H3,(H,6,7)(H,10,11)/p-1. The summed E-state index contributed by atoms with van der Waals surface area (Å²) in [6.07, 6.45) is 1.37. The first kappa shape index (κ1) is 8.88. The molecule has 0 aromatic carbocycles. The Morgan fingerprint density at radius 1 is 1.83 bits per heavy atom. The molecule has 7 heteroatoms. The molecule has 1 unspecified atom stereocenters. The van der Waals surface area contributed by atoms with Gasteiger partial charge in [0.2, 0.25) is 5.91 Å². The predicted octanol–water partition coefficient (Wildman–Crippen LogP) is -0.251. The molecule has 1 atom stereocenters. The lowest BCUT2D eigenvalue weighted by Crippen LogP contribution is -2.08. The molecule has 0 saturated carbocycles. The highest BCUT2D eigenvalue weighted by atomic mass is 32.2. The van der Waals surface area contributed by atoms with Crippen LogP contribution in [-0.4, -0.2) is 24.4 Å². The Hall–Kier alpha value is -1.21. The molecule has 1 rings (SSSR count). The van der Waals surface area contributed by atoms with E-state index in [1.165, 1.54) is 19.2 Å². The summed E-state index contributed by atoms with van der Waals surface area (Å²) in [5.74, 6) is -0.154. The minimum Gasteiger partial charge on any atom is -0.755 e. The average molecular weight is 188 g/mol. The largest absolute Gasteiger partial charge is 0.755 e. The molecule has 1 heterocycles. The molecule has 0 bridgehead atoms. The molecule has 0 fully saturated rings. The summed E-state index contributed by atoms with van der Waals surface area (Å²) in [7, 11) is 0. The van der Waals surface area contributed by atoms with Crippen LogP contribution >= 0.6 is 0 Å². The molecule has 0 amide bonds. The van der Waals surface area contributed by atoms with Crippen molar-refractivity contribution >= 4 is 23.0 Å². The number of carbonyl (C=O) groups is 1. The van der Waals surface area contributed by atoms with Crippen molar-refractivity contribution in [3.63, 3.8) is 0 Å². The molecule has 0 radical (unpaired) electrons. The molecular weight excluding hydrogens is 182 g/mol. The van der Waals surface area contributed by atoms with Crippen LogP contribution in [-0.2, 0) is 11.3 Å². The monoisotopic (exact) mass is 188 g/mol. The molecule has 0 saturated heterocycles. The van der Waals surface area contributed by atoms with Crippen LogP contribution in [0.25, 0.3) is 0 Å². The normalized spacial score (nSPS) is 12.5. The molecule has 1 aromatic heterocycles. The summed E-state index contributed by atoms with van der Waals surface area (Å²) in [4.78, 5) is 10.7. The third-order valence-electron chi connectivity index (χ3n) is 1.10. The molecule has 6 nitrogen and oxygen atoms in total. The first-order valence-corrected chi connectivity index (χ1v) is 4.09. The molecule has 0 aliphatic heterocycles. The highest BCUT2D eigenvalue weighted by Crippen LogP contribution is 2.01. The second-order valence-corrected chi connectivity index (χ2v) is 2.67. The Labute approximate surface area is 71.0 Å². The Kier molecular flexibility index (Phi) is 2.56. The van der Waals surface area contributed by atoms with Crippen LogP contribution in [0.5, 0.6) is 0 Å². The van der Waals surface area contributed by atoms with Crippen molar-refractivity contribution in [2.24, 2.45) is 0 Å². The van der Waals surface area contributed by atoms with Gasteiger partial charge in [-0.2, -0.15) is 0 Å². The van der Waals surface area contributed by atoms with E-state index in [0.29, 0.717) is 0 Å². The number of rotatable bonds is 2. The van der Waals surface area contributed by atoms with Crippen LogP contribution in [0.1, 0.15) is 11.7 Å². The van der Waals surface area contributed by atoms with Gasteiger partial charge in [-0.3, -0.25) is 13.7 Å². The van der Waals surface area contributed by atoms with Gasteiger partial charge in [0.15, 0.2) is 5.82 Å². The number of aromatic nitrogens is 2. The topological polar surface area (TPSA) is 87.0 Å². The zero-order valence-corrected chi connectivity index (χ0v) is 7.00. The highest BCUT2D eigenvalue weighted by Gasteiger charge is 2.00. The van der Waals surface area contributed by atoms with Crippen LogP contribution in [0.15, 0.2) is 12.3 Å². The van der Waals surface area contributed by atoms with E-state index in [4.69, 9.17) is 0 Å². The SMILES string of the molecule is CC(=O)n1ccc(NS(=O)[O-])n1. The summed E-state index contributed by atoms with van der Waals surface area (Å²) in [6, 6.07) is 1.39. The van der Waals surface area contributed by atoms with Crippen molar-refractivity contribution in [3.8, 4) is 0 Å². The smallest absolute Gasteiger partial charge is 0.243 e. The van der Waals surface area contributed by atoms with Gasteiger partial charge >= 0.3 is 0 Å². The van der Waals surface area contributed by atoms with E-state index in [0.717, 1.165) is 4.68 Å².